The molecule has 2 heterocycles. The Morgan fingerprint density at radius 3 is 2.58 bits per heavy atom. The number of anilines is 1. The largest absolute Gasteiger partial charge is 0.417 e. The molecule has 1 saturated carbocycles. The molecule has 0 aliphatic heterocycles. The molecule has 1 aliphatic rings. The number of aliphatic hydroxyl groups excluding tert-OH is 1. The van der Waals surface area contributed by atoms with Crippen LogP contribution in [-0.4, -0.2) is 33.0 Å². The Bertz CT molecular complexity index is 848. The third-order valence-electron chi connectivity index (χ3n) is 4.46. The molecule has 1 aliphatic carbocycles. The number of rotatable bonds is 6. The standard InChI is InChI=1S/C16H16ClF3N4O2/c17-13-11(22-9-15(3-4-15)5-6-25)8-23-24(14(13)26)12-2-1-10(7-21-12)16(18,19)20/h1-2,7-8,22,25H,3-6,9H2. The minimum Gasteiger partial charge on any atom is -0.396 e. The number of alkyl halides is 3. The molecule has 0 radical (unpaired) electrons. The molecular weight excluding hydrogens is 373 g/mol. The summed E-state index contributed by atoms with van der Waals surface area (Å²) in [6.07, 6.45) is 0.0872. The number of nitrogens with one attached hydrogen (secondary N) is 1. The van der Waals surface area contributed by atoms with Gasteiger partial charge in [0.15, 0.2) is 5.82 Å². The van der Waals surface area contributed by atoms with Gasteiger partial charge in [0, 0.05) is 19.3 Å². The number of nitrogens with zero attached hydrogens (tertiary/aromatic N) is 3. The van der Waals surface area contributed by atoms with Crippen LogP contribution in [0, 0.1) is 5.41 Å². The monoisotopic (exact) mass is 388 g/mol. The number of hydrogen-bond acceptors (Lipinski definition) is 5. The highest BCUT2D eigenvalue weighted by molar-refractivity contribution is 6.32. The minimum atomic E-state index is -4.51. The van der Waals surface area contributed by atoms with Gasteiger partial charge in [-0.2, -0.15) is 23.0 Å². The Morgan fingerprint density at radius 2 is 2.04 bits per heavy atom. The summed E-state index contributed by atoms with van der Waals surface area (Å²) < 4.78 is 38.6. The Balaban J connectivity index is 1.80. The SMILES string of the molecule is O=c1c(Cl)c(NCC2(CCO)CC2)cnn1-c1ccc(C(F)(F)F)cn1. The fourth-order valence-corrected chi connectivity index (χ4v) is 2.81. The molecule has 0 amide bonds. The molecule has 0 bridgehead atoms. The lowest BCUT2D eigenvalue weighted by Crippen LogP contribution is -2.25. The first-order valence-electron chi connectivity index (χ1n) is 7.92. The summed E-state index contributed by atoms with van der Waals surface area (Å²) in [5.41, 5.74) is -1.25. The number of halogens is 4. The zero-order valence-corrected chi connectivity index (χ0v) is 14.3. The number of pyridine rings is 1. The molecule has 0 spiro atoms. The van der Waals surface area contributed by atoms with Crippen molar-refractivity contribution >= 4 is 17.3 Å². The molecule has 2 aromatic heterocycles. The highest BCUT2D eigenvalue weighted by atomic mass is 35.5. The van der Waals surface area contributed by atoms with E-state index in [1.165, 1.54) is 6.20 Å². The molecule has 26 heavy (non-hydrogen) atoms. The lowest BCUT2D eigenvalue weighted by atomic mass is 10.0. The van der Waals surface area contributed by atoms with Gasteiger partial charge in [-0.3, -0.25) is 4.79 Å². The summed E-state index contributed by atoms with van der Waals surface area (Å²) in [6, 6.07) is 1.88. The van der Waals surface area contributed by atoms with Gasteiger partial charge in [-0.1, -0.05) is 11.6 Å². The fourth-order valence-electron chi connectivity index (χ4n) is 2.61. The maximum atomic E-state index is 12.6. The third kappa shape index (κ3) is 3.83. The lowest BCUT2D eigenvalue weighted by molar-refractivity contribution is -0.137. The van der Waals surface area contributed by atoms with Gasteiger partial charge in [-0.25, -0.2) is 4.98 Å². The molecular formula is C16H16ClF3N4O2. The molecule has 0 unspecified atom stereocenters. The van der Waals surface area contributed by atoms with Crippen LogP contribution in [-0.2, 0) is 6.18 Å². The minimum absolute atomic E-state index is 0.0158. The zero-order valence-electron chi connectivity index (χ0n) is 13.6. The van der Waals surface area contributed by atoms with Crippen LogP contribution in [0.5, 0.6) is 0 Å². The van der Waals surface area contributed by atoms with Crippen molar-refractivity contribution in [2.75, 3.05) is 18.5 Å². The van der Waals surface area contributed by atoms with E-state index in [4.69, 9.17) is 16.7 Å². The van der Waals surface area contributed by atoms with Crippen LogP contribution in [0.1, 0.15) is 24.8 Å². The average Bonchev–Trinajstić information content (AvgIpc) is 3.36. The summed E-state index contributed by atoms with van der Waals surface area (Å²) in [4.78, 5) is 16.0. The van der Waals surface area contributed by atoms with E-state index in [0.29, 0.717) is 24.8 Å². The summed E-state index contributed by atoms with van der Waals surface area (Å²) in [5.74, 6) is -0.0598. The Kier molecular flexibility index (Phi) is 4.94. The number of aliphatic hydroxyl groups is 1. The van der Waals surface area contributed by atoms with Crippen LogP contribution in [0.3, 0.4) is 0 Å². The Morgan fingerprint density at radius 1 is 1.31 bits per heavy atom. The number of aromatic nitrogens is 3. The topological polar surface area (TPSA) is 80.0 Å². The molecule has 0 aromatic carbocycles. The van der Waals surface area contributed by atoms with E-state index in [9.17, 15) is 18.0 Å². The predicted octanol–water partition coefficient (Wildman–Crippen LogP) is 2.87. The van der Waals surface area contributed by atoms with Gasteiger partial charge in [-0.15, -0.1) is 0 Å². The van der Waals surface area contributed by atoms with Gasteiger partial charge in [-0.05, 0) is 36.8 Å². The van der Waals surface area contributed by atoms with Gasteiger partial charge in [0.1, 0.15) is 5.02 Å². The first-order chi connectivity index (χ1) is 12.3. The van der Waals surface area contributed by atoms with Crippen LogP contribution >= 0.6 is 11.6 Å². The van der Waals surface area contributed by atoms with Gasteiger partial charge in [0.05, 0.1) is 17.4 Å². The Hall–Kier alpha value is -2.13. The smallest absolute Gasteiger partial charge is 0.396 e. The van der Waals surface area contributed by atoms with Crippen molar-refractivity contribution in [1.29, 1.82) is 0 Å². The second-order valence-electron chi connectivity index (χ2n) is 6.32. The van der Waals surface area contributed by atoms with Crippen LogP contribution in [0.2, 0.25) is 5.02 Å². The molecule has 3 rings (SSSR count). The van der Waals surface area contributed by atoms with Crippen molar-refractivity contribution in [2.45, 2.75) is 25.4 Å². The fraction of sp³-hybridized carbons (Fsp3) is 0.438. The highest BCUT2D eigenvalue weighted by Crippen LogP contribution is 2.48. The average molecular weight is 389 g/mol. The Labute approximate surface area is 151 Å². The maximum absolute atomic E-state index is 12.6. The van der Waals surface area contributed by atoms with E-state index in [1.807, 2.05) is 0 Å². The molecule has 1 fully saturated rings. The van der Waals surface area contributed by atoms with Crippen molar-refractivity contribution in [3.8, 4) is 5.82 Å². The molecule has 0 atom stereocenters. The molecule has 2 aromatic rings. The second-order valence-corrected chi connectivity index (χ2v) is 6.70. The summed E-state index contributed by atoms with van der Waals surface area (Å²) in [7, 11) is 0. The highest BCUT2D eigenvalue weighted by Gasteiger charge is 2.41. The molecule has 10 heteroatoms. The van der Waals surface area contributed by atoms with E-state index >= 15 is 0 Å². The quantitative estimate of drug-likeness (QED) is 0.795. The molecule has 140 valence electrons. The van der Waals surface area contributed by atoms with Crippen molar-refractivity contribution < 1.29 is 18.3 Å². The van der Waals surface area contributed by atoms with Crippen LogP contribution < -0.4 is 10.9 Å². The van der Waals surface area contributed by atoms with Gasteiger partial charge < -0.3 is 10.4 Å². The normalized spacial score (nSPS) is 15.7. The van der Waals surface area contributed by atoms with Crippen LogP contribution in [0.25, 0.3) is 5.82 Å². The van der Waals surface area contributed by atoms with E-state index < -0.39 is 17.3 Å². The summed E-state index contributed by atoms with van der Waals surface area (Å²) in [5, 5.41) is 15.9. The number of hydrogen-bond donors (Lipinski definition) is 2. The van der Waals surface area contributed by atoms with E-state index in [1.54, 1.807) is 0 Å². The van der Waals surface area contributed by atoms with Crippen LogP contribution in [0.15, 0.2) is 29.3 Å². The van der Waals surface area contributed by atoms with Crippen molar-refractivity contribution in [3.05, 3.63) is 45.5 Å². The van der Waals surface area contributed by atoms with Gasteiger partial charge in [0.25, 0.3) is 5.56 Å². The van der Waals surface area contributed by atoms with Gasteiger partial charge in [0.2, 0.25) is 0 Å². The first kappa shape index (κ1) is 18.7. The van der Waals surface area contributed by atoms with Crippen LogP contribution in [0.4, 0.5) is 18.9 Å². The summed E-state index contributed by atoms with van der Waals surface area (Å²) >= 11 is 6.09. The van der Waals surface area contributed by atoms with E-state index in [-0.39, 0.29) is 22.9 Å². The molecule has 0 saturated heterocycles. The third-order valence-corrected chi connectivity index (χ3v) is 4.83. The van der Waals surface area contributed by atoms with E-state index in [2.05, 4.69) is 15.4 Å². The predicted molar refractivity (Wildman–Crippen MR) is 89.5 cm³/mol. The first-order valence-corrected chi connectivity index (χ1v) is 8.30. The molecule has 6 nitrogen and oxygen atoms in total. The van der Waals surface area contributed by atoms with Gasteiger partial charge >= 0.3 is 6.18 Å². The lowest BCUT2D eigenvalue weighted by Gasteiger charge is -2.16. The van der Waals surface area contributed by atoms with Crippen molar-refractivity contribution in [3.63, 3.8) is 0 Å². The molecule has 2 N–H and O–H groups in total. The zero-order chi connectivity index (χ0) is 18.9. The maximum Gasteiger partial charge on any atom is 0.417 e. The van der Waals surface area contributed by atoms with Crippen molar-refractivity contribution in [2.24, 2.45) is 5.41 Å². The van der Waals surface area contributed by atoms with E-state index in [0.717, 1.165) is 29.7 Å². The second kappa shape index (κ2) is 6.88. The van der Waals surface area contributed by atoms with Crippen molar-refractivity contribution in [1.82, 2.24) is 14.8 Å². The summed E-state index contributed by atoms with van der Waals surface area (Å²) in [6.45, 7) is 0.645.